The SMILES string of the molecule is NC[C@H](N)c1nc(CO)cs1. The maximum Gasteiger partial charge on any atom is 0.111 e. The predicted molar refractivity (Wildman–Crippen MR) is 44.0 cm³/mol. The van der Waals surface area contributed by atoms with Gasteiger partial charge in [-0.15, -0.1) is 11.3 Å². The molecule has 0 unspecified atom stereocenters. The number of thiazole rings is 1. The first kappa shape index (κ1) is 8.61. The molecular formula is C6H11N3OS. The van der Waals surface area contributed by atoms with Gasteiger partial charge in [0, 0.05) is 11.9 Å². The Bertz CT molecular complexity index is 225. The number of hydrogen-bond acceptors (Lipinski definition) is 5. The Morgan fingerprint density at radius 2 is 2.45 bits per heavy atom. The summed E-state index contributed by atoms with van der Waals surface area (Å²) in [6.07, 6.45) is 0. The molecule has 62 valence electrons. The smallest absolute Gasteiger partial charge is 0.111 e. The second-order valence-electron chi connectivity index (χ2n) is 2.18. The molecule has 1 atom stereocenters. The molecule has 0 aliphatic heterocycles. The maximum absolute atomic E-state index is 8.68. The van der Waals surface area contributed by atoms with Crippen LogP contribution in [0.4, 0.5) is 0 Å². The van der Waals surface area contributed by atoms with Crippen LogP contribution in [0.15, 0.2) is 5.38 Å². The molecule has 0 spiro atoms. The van der Waals surface area contributed by atoms with Gasteiger partial charge in [0.15, 0.2) is 0 Å². The Morgan fingerprint density at radius 3 is 2.91 bits per heavy atom. The van der Waals surface area contributed by atoms with Gasteiger partial charge in [-0.05, 0) is 0 Å². The van der Waals surface area contributed by atoms with E-state index < -0.39 is 0 Å². The zero-order chi connectivity index (χ0) is 8.27. The fraction of sp³-hybridized carbons (Fsp3) is 0.500. The Hall–Kier alpha value is -0.490. The van der Waals surface area contributed by atoms with Gasteiger partial charge >= 0.3 is 0 Å². The average molecular weight is 173 g/mol. The third-order valence-corrected chi connectivity index (χ3v) is 2.33. The fourth-order valence-corrected chi connectivity index (χ4v) is 1.49. The van der Waals surface area contributed by atoms with Gasteiger partial charge in [0.1, 0.15) is 5.01 Å². The maximum atomic E-state index is 8.68. The summed E-state index contributed by atoms with van der Waals surface area (Å²) >= 11 is 1.43. The molecule has 0 amide bonds. The first-order valence-corrected chi connectivity index (χ1v) is 4.16. The lowest BCUT2D eigenvalue weighted by Gasteiger charge is -2.01. The number of nitrogens with zero attached hydrogens (tertiary/aromatic N) is 1. The molecule has 1 aromatic rings. The normalized spacial score (nSPS) is 13.4. The second kappa shape index (κ2) is 3.77. The van der Waals surface area contributed by atoms with Crippen molar-refractivity contribution in [2.45, 2.75) is 12.6 Å². The van der Waals surface area contributed by atoms with Crippen molar-refractivity contribution in [3.05, 3.63) is 16.1 Å². The number of rotatable bonds is 3. The van der Waals surface area contributed by atoms with Crippen LogP contribution in [0.1, 0.15) is 16.7 Å². The molecule has 1 rings (SSSR count). The second-order valence-corrected chi connectivity index (χ2v) is 3.07. The Balaban J connectivity index is 2.71. The lowest BCUT2D eigenvalue weighted by molar-refractivity contribution is 0.277. The highest BCUT2D eigenvalue weighted by Gasteiger charge is 2.07. The molecule has 0 aromatic carbocycles. The standard InChI is InChI=1S/C6H11N3OS/c7-1-5(8)6-9-4(2-10)3-11-6/h3,5,10H,1-2,7-8H2/t5-/m0/s1. The van der Waals surface area contributed by atoms with Gasteiger partial charge in [-0.2, -0.15) is 0 Å². The van der Waals surface area contributed by atoms with Crippen LogP contribution in [-0.4, -0.2) is 16.6 Å². The van der Waals surface area contributed by atoms with E-state index in [1.165, 1.54) is 11.3 Å². The molecule has 0 radical (unpaired) electrons. The van der Waals surface area contributed by atoms with Gasteiger partial charge in [0.2, 0.25) is 0 Å². The van der Waals surface area contributed by atoms with Crippen molar-refractivity contribution in [1.82, 2.24) is 4.98 Å². The van der Waals surface area contributed by atoms with E-state index in [0.29, 0.717) is 12.2 Å². The van der Waals surface area contributed by atoms with Crippen LogP contribution in [-0.2, 0) is 6.61 Å². The van der Waals surface area contributed by atoms with Gasteiger partial charge < -0.3 is 16.6 Å². The zero-order valence-electron chi connectivity index (χ0n) is 6.03. The molecule has 1 aromatic heterocycles. The third kappa shape index (κ3) is 1.97. The molecule has 0 aliphatic carbocycles. The van der Waals surface area contributed by atoms with Gasteiger partial charge in [0.05, 0.1) is 18.3 Å². The van der Waals surface area contributed by atoms with E-state index in [4.69, 9.17) is 16.6 Å². The van der Waals surface area contributed by atoms with Crippen molar-refractivity contribution in [3.8, 4) is 0 Å². The van der Waals surface area contributed by atoms with E-state index in [-0.39, 0.29) is 12.6 Å². The number of aromatic nitrogens is 1. The van der Waals surface area contributed by atoms with Crippen molar-refractivity contribution in [1.29, 1.82) is 0 Å². The highest BCUT2D eigenvalue weighted by Crippen LogP contribution is 2.15. The van der Waals surface area contributed by atoms with Crippen LogP contribution in [0.2, 0.25) is 0 Å². The summed E-state index contributed by atoms with van der Waals surface area (Å²) in [5.41, 5.74) is 11.6. The lowest BCUT2D eigenvalue weighted by Crippen LogP contribution is -2.20. The van der Waals surface area contributed by atoms with Crippen LogP contribution in [0, 0.1) is 0 Å². The van der Waals surface area contributed by atoms with Crippen LogP contribution in [0.3, 0.4) is 0 Å². The molecule has 5 heteroatoms. The Kier molecular flexibility index (Phi) is 2.95. The highest BCUT2D eigenvalue weighted by atomic mass is 32.1. The Labute approximate surface area is 68.9 Å². The highest BCUT2D eigenvalue weighted by molar-refractivity contribution is 7.09. The minimum atomic E-state index is -0.194. The van der Waals surface area contributed by atoms with E-state index in [9.17, 15) is 0 Å². The molecule has 5 N–H and O–H groups in total. The lowest BCUT2D eigenvalue weighted by atomic mass is 10.3. The van der Waals surface area contributed by atoms with E-state index in [1.54, 1.807) is 5.38 Å². The van der Waals surface area contributed by atoms with Crippen LogP contribution in [0.25, 0.3) is 0 Å². The zero-order valence-corrected chi connectivity index (χ0v) is 6.84. The molecule has 11 heavy (non-hydrogen) atoms. The van der Waals surface area contributed by atoms with Crippen LogP contribution >= 0.6 is 11.3 Å². The molecule has 0 fully saturated rings. The van der Waals surface area contributed by atoms with Crippen molar-refractivity contribution < 1.29 is 5.11 Å². The third-order valence-electron chi connectivity index (χ3n) is 1.30. The number of nitrogens with two attached hydrogens (primary N) is 2. The van der Waals surface area contributed by atoms with Gasteiger partial charge in [-0.3, -0.25) is 0 Å². The quantitative estimate of drug-likeness (QED) is 0.580. The van der Waals surface area contributed by atoms with Crippen LogP contribution in [0.5, 0.6) is 0 Å². The van der Waals surface area contributed by atoms with E-state index in [0.717, 1.165) is 5.01 Å². The molecule has 4 nitrogen and oxygen atoms in total. The van der Waals surface area contributed by atoms with E-state index >= 15 is 0 Å². The minimum Gasteiger partial charge on any atom is -0.390 e. The average Bonchev–Trinajstić information content (AvgIpc) is 2.50. The fourth-order valence-electron chi connectivity index (χ4n) is 0.666. The van der Waals surface area contributed by atoms with Crippen molar-refractivity contribution in [2.24, 2.45) is 11.5 Å². The molecule has 0 bridgehead atoms. The van der Waals surface area contributed by atoms with Gasteiger partial charge in [-0.25, -0.2) is 4.98 Å². The molecule has 1 heterocycles. The monoisotopic (exact) mass is 173 g/mol. The van der Waals surface area contributed by atoms with Crippen molar-refractivity contribution in [2.75, 3.05) is 6.54 Å². The summed E-state index contributed by atoms with van der Waals surface area (Å²) in [5, 5.41) is 11.2. The molecule has 0 aliphatic rings. The summed E-state index contributed by atoms with van der Waals surface area (Å²) in [5.74, 6) is 0. The number of aliphatic hydroxyl groups is 1. The molecule has 0 saturated heterocycles. The summed E-state index contributed by atoms with van der Waals surface area (Å²) in [6, 6.07) is -0.194. The summed E-state index contributed by atoms with van der Waals surface area (Å²) in [7, 11) is 0. The van der Waals surface area contributed by atoms with Crippen LogP contribution < -0.4 is 11.5 Å². The van der Waals surface area contributed by atoms with Crippen molar-refractivity contribution >= 4 is 11.3 Å². The molecule has 0 saturated carbocycles. The first-order valence-electron chi connectivity index (χ1n) is 3.28. The summed E-state index contributed by atoms with van der Waals surface area (Å²) in [6.45, 7) is 0.353. The van der Waals surface area contributed by atoms with Crippen molar-refractivity contribution in [3.63, 3.8) is 0 Å². The topological polar surface area (TPSA) is 85.2 Å². The largest absolute Gasteiger partial charge is 0.390 e. The van der Waals surface area contributed by atoms with E-state index in [2.05, 4.69) is 4.98 Å². The van der Waals surface area contributed by atoms with Gasteiger partial charge in [-0.1, -0.05) is 0 Å². The Morgan fingerprint density at radius 1 is 1.73 bits per heavy atom. The van der Waals surface area contributed by atoms with E-state index in [1.807, 2.05) is 0 Å². The number of aliphatic hydroxyl groups excluding tert-OH is 1. The number of hydrogen-bond donors (Lipinski definition) is 3. The molecular weight excluding hydrogens is 162 g/mol. The summed E-state index contributed by atoms with van der Waals surface area (Å²) < 4.78 is 0. The minimum absolute atomic E-state index is 0.0339. The summed E-state index contributed by atoms with van der Waals surface area (Å²) in [4.78, 5) is 4.06. The first-order chi connectivity index (χ1) is 5.27. The predicted octanol–water partition coefficient (Wildman–Crippen LogP) is -0.406. The van der Waals surface area contributed by atoms with Gasteiger partial charge in [0.25, 0.3) is 0 Å².